The second-order valence-corrected chi connectivity index (χ2v) is 5.35. The average molecular weight is 255 g/mol. The number of amides is 1. The average Bonchev–Trinajstić information content (AvgIpc) is 2.86. The first-order chi connectivity index (χ1) is 8.65. The van der Waals surface area contributed by atoms with Crippen LogP contribution in [-0.4, -0.2) is 46.2 Å². The Hall–Kier alpha value is -1.10. The molecule has 18 heavy (non-hydrogen) atoms. The smallest absolute Gasteiger partial charge is 0.307 e. The highest BCUT2D eigenvalue weighted by Crippen LogP contribution is 2.33. The molecular formula is C13H21NO4. The van der Waals surface area contributed by atoms with Gasteiger partial charge < -0.3 is 15.1 Å². The van der Waals surface area contributed by atoms with Gasteiger partial charge >= 0.3 is 5.97 Å². The lowest BCUT2D eigenvalue weighted by Crippen LogP contribution is -2.45. The molecule has 2 fully saturated rings. The van der Waals surface area contributed by atoms with E-state index in [2.05, 4.69) is 0 Å². The van der Waals surface area contributed by atoms with Crippen LogP contribution in [0, 0.1) is 11.8 Å². The van der Waals surface area contributed by atoms with E-state index in [0.29, 0.717) is 19.4 Å². The van der Waals surface area contributed by atoms with Crippen molar-refractivity contribution in [2.45, 2.75) is 44.6 Å². The molecule has 1 amide bonds. The topological polar surface area (TPSA) is 77.8 Å². The van der Waals surface area contributed by atoms with Gasteiger partial charge in [-0.05, 0) is 25.7 Å². The zero-order valence-electron chi connectivity index (χ0n) is 10.5. The quantitative estimate of drug-likeness (QED) is 0.784. The van der Waals surface area contributed by atoms with Crippen LogP contribution in [0.1, 0.15) is 38.5 Å². The zero-order chi connectivity index (χ0) is 13.1. The Bertz CT molecular complexity index is 331. The molecule has 102 valence electrons. The van der Waals surface area contributed by atoms with Gasteiger partial charge in [0.25, 0.3) is 0 Å². The van der Waals surface area contributed by atoms with Gasteiger partial charge in [-0.3, -0.25) is 9.59 Å². The minimum atomic E-state index is -0.854. The summed E-state index contributed by atoms with van der Waals surface area (Å²) in [5.41, 5.74) is 0. The summed E-state index contributed by atoms with van der Waals surface area (Å²) in [6.07, 6.45) is 4.82. The van der Waals surface area contributed by atoms with E-state index in [1.807, 2.05) is 0 Å². The first-order valence-corrected chi connectivity index (χ1v) is 6.79. The molecule has 0 aromatic carbocycles. The van der Waals surface area contributed by atoms with Crippen LogP contribution in [-0.2, 0) is 9.59 Å². The van der Waals surface area contributed by atoms with E-state index in [1.165, 1.54) is 0 Å². The number of aliphatic hydroxyl groups is 1. The first-order valence-electron chi connectivity index (χ1n) is 6.79. The van der Waals surface area contributed by atoms with Gasteiger partial charge in [-0.2, -0.15) is 0 Å². The minimum absolute atomic E-state index is 0.0177. The van der Waals surface area contributed by atoms with E-state index in [0.717, 1.165) is 25.7 Å². The molecule has 0 aromatic rings. The van der Waals surface area contributed by atoms with Crippen molar-refractivity contribution in [3.05, 3.63) is 0 Å². The summed E-state index contributed by atoms with van der Waals surface area (Å²) in [5, 5.41) is 18.5. The molecule has 0 spiro atoms. The monoisotopic (exact) mass is 255 g/mol. The maximum Gasteiger partial charge on any atom is 0.307 e. The van der Waals surface area contributed by atoms with Crippen LogP contribution >= 0.6 is 0 Å². The van der Waals surface area contributed by atoms with Crippen molar-refractivity contribution in [2.75, 3.05) is 13.2 Å². The lowest BCUT2D eigenvalue weighted by Gasteiger charge is -2.33. The number of carboxylic acids is 1. The van der Waals surface area contributed by atoms with Gasteiger partial charge in [-0.15, -0.1) is 0 Å². The fourth-order valence-corrected chi connectivity index (χ4v) is 3.25. The molecule has 1 aliphatic heterocycles. The van der Waals surface area contributed by atoms with Crippen LogP contribution in [0.25, 0.3) is 0 Å². The maximum atomic E-state index is 12.4. The second-order valence-electron chi connectivity index (χ2n) is 5.35. The summed E-state index contributed by atoms with van der Waals surface area (Å²) < 4.78 is 0. The lowest BCUT2D eigenvalue weighted by atomic mass is 9.78. The zero-order valence-corrected chi connectivity index (χ0v) is 10.5. The van der Waals surface area contributed by atoms with Crippen LogP contribution in [0.2, 0.25) is 0 Å². The SMILES string of the molecule is O=C(O)[C@H]1CCCC[C@H]1C(=O)N1CCC[C@@H]1CO. The third kappa shape index (κ3) is 2.51. The molecule has 0 unspecified atom stereocenters. The van der Waals surface area contributed by atoms with Crippen molar-refractivity contribution in [2.24, 2.45) is 11.8 Å². The van der Waals surface area contributed by atoms with E-state index in [4.69, 9.17) is 0 Å². The van der Waals surface area contributed by atoms with Gasteiger partial charge in [-0.1, -0.05) is 12.8 Å². The van der Waals surface area contributed by atoms with Gasteiger partial charge in [0.1, 0.15) is 0 Å². The normalized spacial score (nSPS) is 32.5. The third-order valence-corrected chi connectivity index (χ3v) is 4.27. The molecule has 1 aliphatic carbocycles. The predicted molar refractivity (Wildman–Crippen MR) is 64.9 cm³/mol. The number of aliphatic carboxylic acids is 1. The Morgan fingerprint density at radius 1 is 1.06 bits per heavy atom. The highest BCUT2D eigenvalue weighted by Gasteiger charge is 2.40. The fraction of sp³-hybridized carbons (Fsp3) is 0.846. The molecule has 5 heteroatoms. The summed E-state index contributed by atoms with van der Waals surface area (Å²) >= 11 is 0. The van der Waals surface area contributed by atoms with Crippen LogP contribution in [0.4, 0.5) is 0 Å². The molecule has 0 aromatic heterocycles. The van der Waals surface area contributed by atoms with Crippen molar-refractivity contribution >= 4 is 11.9 Å². The molecule has 1 heterocycles. The van der Waals surface area contributed by atoms with E-state index in [-0.39, 0.29) is 24.5 Å². The van der Waals surface area contributed by atoms with Crippen molar-refractivity contribution < 1.29 is 19.8 Å². The number of carbonyl (C=O) groups excluding carboxylic acids is 1. The molecule has 0 bridgehead atoms. The Labute approximate surface area is 107 Å². The summed E-state index contributed by atoms with van der Waals surface area (Å²) in [5.74, 6) is -1.83. The Morgan fingerprint density at radius 3 is 2.33 bits per heavy atom. The number of carbonyl (C=O) groups is 2. The van der Waals surface area contributed by atoms with Gasteiger partial charge in [0, 0.05) is 6.54 Å². The number of likely N-dealkylation sites (tertiary alicyclic amines) is 1. The molecule has 2 N–H and O–H groups in total. The summed E-state index contributed by atoms with van der Waals surface area (Å²) in [4.78, 5) is 25.4. The van der Waals surface area contributed by atoms with E-state index in [9.17, 15) is 19.8 Å². The summed E-state index contributed by atoms with van der Waals surface area (Å²) in [6, 6.07) is -0.103. The first kappa shape index (κ1) is 13.3. The number of carboxylic acid groups (broad SMARTS) is 1. The number of nitrogens with zero attached hydrogens (tertiary/aromatic N) is 1. The molecule has 2 aliphatic rings. The standard InChI is InChI=1S/C13H21NO4/c15-8-9-4-3-7-14(9)12(16)10-5-1-2-6-11(10)13(17)18/h9-11,15H,1-8H2,(H,17,18)/t9-,10-,11+/m1/s1. The molecular weight excluding hydrogens is 234 g/mol. The van der Waals surface area contributed by atoms with E-state index < -0.39 is 11.9 Å². The molecule has 0 radical (unpaired) electrons. The van der Waals surface area contributed by atoms with Crippen LogP contribution in [0.3, 0.4) is 0 Å². The van der Waals surface area contributed by atoms with Crippen molar-refractivity contribution in [1.29, 1.82) is 0 Å². The van der Waals surface area contributed by atoms with Gasteiger partial charge in [0.2, 0.25) is 5.91 Å². The van der Waals surface area contributed by atoms with Crippen LogP contribution < -0.4 is 0 Å². The van der Waals surface area contributed by atoms with Crippen molar-refractivity contribution in [3.8, 4) is 0 Å². The molecule has 5 nitrogen and oxygen atoms in total. The predicted octanol–water partition coefficient (Wildman–Crippen LogP) is 0.861. The maximum absolute atomic E-state index is 12.4. The molecule has 1 saturated heterocycles. The van der Waals surface area contributed by atoms with Crippen molar-refractivity contribution in [1.82, 2.24) is 4.90 Å². The number of hydrogen-bond donors (Lipinski definition) is 2. The number of rotatable bonds is 3. The van der Waals surface area contributed by atoms with E-state index >= 15 is 0 Å². The highest BCUT2D eigenvalue weighted by atomic mass is 16.4. The van der Waals surface area contributed by atoms with E-state index in [1.54, 1.807) is 4.90 Å². The second kappa shape index (κ2) is 5.69. The minimum Gasteiger partial charge on any atom is -0.481 e. The fourth-order valence-electron chi connectivity index (χ4n) is 3.25. The number of aliphatic hydroxyl groups excluding tert-OH is 1. The molecule has 2 rings (SSSR count). The Balaban J connectivity index is 2.08. The lowest BCUT2D eigenvalue weighted by molar-refractivity contribution is -0.153. The third-order valence-electron chi connectivity index (χ3n) is 4.27. The molecule has 3 atom stereocenters. The number of hydrogen-bond acceptors (Lipinski definition) is 3. The van der Waals surface area contributed by atoms with Crippen LogP contribution in [0.5, 0.6) is 0 Å². The largest absolute Gasteiger partial charge is 0.481 e. The molecule has 1 saturated carbocycles. The highest BCUT2D eigenvalue weighted by molar-refractivity contribution is 5.85. The Kier molecular flexibility index (Phi) is 4.22. The van der Waals surface area contributed by atoms with Crippen molar-refractivity contribution in [3.63, 3.8) is 0 Å². The van der Waals surface area contributed by atoms with Gasteiger partial charge in [-0.25, -0.2) is 0 Å². The Morgan fingerprint density at radius 2 is 1.72 bits per heavy atom. The van der Waals surface area contributed by atoms with Gasteiger partial charge in [0.05, 0.1) is 24.5 Å². The van der Waals surface area contributed by atoms with Gasteiger partial charge in [0.15, 0.2) is 0 Å². The van der Waals surface area contributed by atoms with Crippen LogP contribution in [0.15, 0.2) is 0 Å². The summed E-state index contributed by atoms with van der Waals surface area (Å²) in [7, 11) is 0. The summed E-state index contributed by atoms with van der Waals surface area (Å²) in [6.45, 7) is 0.642.